The van der Waals surface area contributed by atoms with E-state index in [9.17, 15) is 4.39 Å². The number of hydrogen-bond donors (Lipinski definition) is 2. The Hall–Kier alpha value is -2.63. The highest BCUT2D eigenvalue weighted by Crippen LogP contribution is 2.49. The molecule has 2 aromatic rings. The number of guanidine groups is 1. The summed E-state index contributed by atoms with van der Waals surface area (Å²) in [5.41, 5.74) is 1.86. The van der Waals surface area contributed by atoms with Gasteiger partial charge in [-0.25, -0.2) is 9.37 Å². The summed E-state index contributed by atoms with van der Waals surface area (Å²) in [5, 5.41) is 6.97. The number of benzene rings is 1. The third-order valence-electron chi connectivity index (χ3n) is 6.24. The third-order valence-corrected chi connectivity index (χ3v) is 6.24. The van der Waals surface area contributed by atoms with Crippen LogP contribution in [0.25, 0.3) is 0 Å². The lowest BCUT2D eigenvalue weighted by Crippen LogP contribution is -2.49. The van der Waals surface area contributed by atoms with Crippen LogP contribution >= 0.6 is 0 Å². The average Bonchev–Trinajstić information content (AvgIpc) is 3.55. The fourth-order valence-electron chi connectivity index (χ4n) is 4.20. The molecule has 30 heavy (non-hydrogen) atoms. The molecule has 2 fully saturated rings. The largest absolute Gasteiger partial charge is 0.357 e. The van der Waals surface area contributed by atoms with Crippen LogP contribution in [0.5, 0.6) is 0 Å². The lowest BCUT2D eigenvalue weighted by atomic mass is 9.95. The molecule has 2 N–H and O–H groups in total. The summed E-state index contributed by atoms with van der Waals surface area (Å²) in [6.45, 7) is 7.53. The third kappa shape index (κ3) is 4.74. The predicted molar refractivity (Wildman–Crippen MR) is 121 cm³/mol. The molecule has 1 aliphatic carbocycles. The van der Waals surface area contributed by atoms with Gasteiger partial charge in [0.25, 0.3) is 0 Å². The van der Waals surface area contributed by atoms with Crippen molar-refractivity contribution in [2.45, 2.75) is 51.0 Å². The first-order valence-corrected chi connectivity index (χ1v) is 11.1. The van der Waals surface area contributed by atoms with Crippen LogP contribution in [0.1, 0.15) is 43.7 Å². The fourth-order valence-corrected chi connectivity index (χ4v) is 4.20. The van der Waals surface area contributed by atoms with Crippen LogP contribution in [0.15, 0.2) is 47.6 Å². The molecule has 160 valence electrons. The Morgan fingerprint density at radius 3 is 2.60 bits per heavy atom. The zero-order valence-electron chi connectivity index (χ0n) is 18.0. The number of aromatic nitrogens is 1. The second-order valence-corrected chi connectivity index (χ2v) is 8.55. The van der Waals surface area contributed by atoms with Gasteiger partial charge >= 0.3 is 0 Å². The summed E-state index contributed by atoms with van der Waals surface area (Å²) in [4.78, 5) is 11.7. The van der Waals surface area contributed by atoms with Crippen LogP contribution in [0, 0.1) is 12.7 Å². The minimum Gasteiger partial charge on any atom is -0.357 e. The van der Waals surface area contributed by atoms with Crippen molar-refractivity contribution >= 4 is 11.8 Å². The lowest BCUT2D eigenvalue weighted by Gasteiger charge is -2.34. The molecular formula is C24H32FN5. The second-order valence-electron chi connectivity index (χ2n) is 8.55. The number of anilines is 1. The summed E-state index contributed by atoms with van der Waals surface area (Å²) in [6, 6.07) is 11.7. The van der Waals surface area contributed by atoms with Crippen molar-refractivity contribution in [1.29, 1.82) is 0 Å². The molecular weight excluding hydrogens is 377 g/mol. The monoisotopic (exact) mass is 409 g/mol. The number of piperidine rings is 1. The Balaban J connectivity index is 1.35. The van der Waals surface area contributed by atoms with E-state index in [2.05, 4.69) is 46.5 Å². The topological polar surface area (TPSA) is 52.6 Å². The molecule has 5 nitrogen and oxygen atoms in total. The van der Waals surface area contributed by atoms with Gasteiger partial charge in [0.2, 0.25) is 0 Å². The van der Waals surface area contributed by atoms with E-state index < -0.39 is 0 Å². The second kappa shape index (κ2) is 9.02. The van der Waals surface area contributed by atoms with Gasteiger partial charge in [0.1, 0.15) is 11.6 Å². The number of nitrogens with one attached hydrogen (secondary N) is 2. The van der Waals surface area contributed by atoms with Gasteiger partial charge in [0.05, 0.1) is 6.54 Å². The van der Waals surface area contributed by atoms with Gasteiger partial charge < -0.3 is 15.5 Å². The van der Waals surface area contributed by atoms with E-state index in [4.69, 9.17) is 4.99 Å². The summed E-state index contributed by atoms with van der Waals surface area (Å²) < 4.78 is 14.3. The Morgan fingerprint density at radius 1 is 1.20 bits per heavy atom. The van der Waals surface area contributed by atoms with E-state index in [-0.39, 0.29) is 11.2 Å². The lowest BCUT2D eigenvalue weighted by molar-refractivity contribution is 0.459. The summed E-state index contributed by atoms with van der Waals surface area (Å²) >= 11 is 0. The first kappa shape index (κ1) is 20.6. The van der Waals surface area contributed by atoms with Crippen LogP contribution < -0.4 is 15.5 Å². The standard InChI is InChI=1S/C24H32FN5/c1-3-26-23(28-17-24(12-13-24)20-6-4-5-7-21(20)25)29-19-10-14-30(15-11-19)22-9-8-18(2)16-27-22/h4-9,16,19H,3,10-15,17H2,1-2H3,(H2,26,28,29). The van der Waals surface area contributed by atoms with Crippen molar-refractivity contribution in [2.75, 3.05) is 31.1 Å². The summed E-state index contributed by atoms with van der Waals surface area (Å²) in [7, 11) is 0. The molecule has 1 aliphatic heterocycles. The zero-order chi connectivity index (χ0) is 21.0. The highest BCUT2D eigenvalue weighted by molar-refractivity contribution is 5.80. The number of aryl methyl sites for hydroxylation is 1. The normalized spacial score (nSPS) is 18.9. The molecule has 0 atom stereocenters. The fraction of sp³-hybridized carbons (Fsp3) is 0.500. The van der Waals surface area contributed by atoms with Crippen molar-refractivity contribution < 1.29 is 4.39 Å². The molecule has 1 saturated heterocycles. The number of nitrogens with zero attached hydrogens (tertiary/aromatic N) is 3. The summed E-state index contributed by atoms with van der Waals surface area (Å²) in [5.74, 6) is 1.78. The Bertz CT molecular complexity index is 867. The van der Waals surface area contributed by atoms with Gasteiger partial charge in [-0.2, -0.15) is 0 Å². The first-order valence-electron chi connectivity index (χ1n) is 11.1. The van der Waals surface area contributed by atoms with E-state index in [0.717, 1.165) is 62.7 Å². The molecule has 1 saturated carbocycles. The molecule has 0 spiro atoms. The molecule has 2 aliphatic rings. The maximum Gasteiger partial charge on any atom is 0.191 e. The Morgan fingerprint density at radius 2 is 1.97 bits per heavy atom. The molecule has 0 bridgehead atoms. The Labute approximate surface area is 178 Å². The molecule has 6 heteroatoms. The summed E-state index contributed by atoms with van der Waals surface area (Å²) in [6.07, 6.45) is 6.01. The van der Waals surface area contributed by atoms with Crippen molar-refractivity contribution in [1.82, 2.24) is 15.6 Å². The van der Waals surface area contributed by atoms with Gasteiger partial charge in [-0.15, -0.1) is 0 Å². The maximum absolute atomic E-state index is 14.3. The molecule has 0 unspecified atom stereocenters. The van der Waals surface area contributed by atoms with Crippen LogP contribution in [0.4, 0.5) is 10.2 Å². The van der Waals surface area contributed by atoms with Crippen molar-refractivity contribution in [2.24, 2.45) is 4.99 Å². The van der Waals surface area contributed by atoms with E-state index in [1.54, 1.807) is 12.1 Å². The Kier molecular flexibility index (Phi) is 6.21. The number of hydrogen-bond acceptors (Lipinski definition) is 3. The average molecular weight is 410 g/mol. The minimum atomic E-state index is -0.131. The first-order chi connectivity index (χ1) is 14.6. The minimum absolute atomic E-state index is 0.111. The molecule has 0 radical (unpaired) electrons. The quantitative estimate of drug-likeness (QED) is 0.563. The van der Waals surface area contributed by atoms with E-state index >= 15 is 0 Å². The van der Waals surface area contributed by atoms with Crippen molar-refractivity contribution in [3.8, 4) is 0 Å². The number of aliphatic imine (C=N–C) groups is 1. The van der Waals surface area contributed by atoms with E-state index in [1.165, 1.54) is 5.56 Å². The number of halogens is 1. The number of rotatable bonds is 6. The van der Waals surface area contributed by atoms with E-state index in [1.807, 2.05) is 18.3 Å². The molecule has 0 amide bonds. The van der Waals surface area contributed by atoms with Gasteiger partial charge in [-0.3, -0.25) is 4.99 Å². The molecule has 4 rings (SSSR count). The molecule has 1 aromatic heterocycles. The zero-order valence-corrected chi connectivity index (χ0v) is 18.0. The van der Waals surface area contributed by atoms with Crippen LogP contribution in [-0.4, -0.2) is 43.2 Å². The number of pyridine rings is 1. The maximum atomic E-state index is 14.3. The van der Waals surface area contributed by atoms with Crippen LogP contribution in [0.2, 0.25) is 0 Å². The highest BCUT2D eigenvalue weighted by Gasteiger charge is 2.45. The van der Waals surface area contributed by atoms with Gasteiger partial charge in [0.15, 0.2) is 5.96 Å². The van der Waals surface area contributed by atoms with Crippen molar-refractivity contribution in [3.05, 3.63) is 59.5 Å². The van der Waals surface area contributed by atoms with Gasteiger partial charge in [0, 0.05) is 37.3 Å². The van der Waals surface area contributed by atoms with Gasteiger partial charge in [-0.05, 0) is 62.8 Å². The smallest absolute Gasteiger partial charge is 0.191 e. The van der Waals surface area contributed by atoms with Crippen LogP contribution in [0.3, 0.4) is 0 Å². The van der Waals surface area contributed by atoms with Gasteiger partial charge in [-0.1, -0.05) is 24.3 Å². The van der Waals surface area contributed by atoms with Crippen LogP contribution in [-0.2, 0) is 5.41 Å². The predicted octanol–water partition coefficient (Wildman–Crippen LogP) is 3.78. The SMILES string of the molecule is CCNC(=NCC1(c2ccccc2F)CC1)NC1CCN(c2ccc(C)cn2)CC1. The highest BCUT2D eigenvalue weighted by atomic mass is 19.1. The molecule has 1 aromatic carbocycles. The van der Waals surface area contributed by atoms with Crippen molar-refractivity contribution in [3.63, 3.8) is 0 Å². The van der Waals surface area contributed by atoms with E-state index in [0.29, 0.717) is 12.6 Å². The molecule has 2 heterocycles.